The van der Waals surface area contributed by atoms with Crippen molar-refractivity contribution in [3.8, 4) is 0 Å². The zero-order valence-electron chi connectivity index (χ0n) is 13.7. The van der Waals surface area contributed by atoms with E-state index in [0.717, 1.165) is 0 Å². The normalized spacial score (nSPS) is 11.5. The fraction of sp³-hybridized carbons (Fsp3) is 0.222. The summed E-state index contributed by atoms with van der Waals surface area (Å²) in [4.78, 5) is 24.4. The minimum Gasteiger partial charge on any atom is -0.449 e. The smallest absolute Gasteiger partial charge is 0.341 e. The van der Waals surface area contributed by atoms with Crippen LogP contribution in [0.1, 0.15) is 17.3 Å². The molecule has 2 rings (SSSR count). The molecule has 0 heterocycles. The van der Waals surface area contributed by atoms with Gasteiger partial charge >= 0.3 is 5.97 Å². The number of anilines is 2. The molecule has 0 unspecified atom stereocenters. The summed E-state index contributed by atoms with van der Waals surface area (Å²) in [5, 5.41) is 14.1. The Balaban J connectivity index is 2.02. The number of amides is 1. The van der Waals surface area contributed by atoms with Crippen LogP contribution in [0.15, 0.2) is 48.5 Å². The molecule has 132 valence electrons. The van der Waals surface area contributed by atoms with Crippen LogP contribution in [0.3, 0.4) is 0 Å². The van der Waals surface area contributed by atoms with Crippen LogP contribution in [0.5, 0.6) is 0 Å². The molecule has 7 heteroatoms. The summed E-state index contributed by atoms with van der Waals surface area (Å²) in [7, 11) is 0. The quantitative estimate of drug-likeness (QED) is 0.670. The highest BCUT2D eigenvalue weighted by molar-refractivity contribution is 5.99. The lowest BCUT2D eigenvalue weighted by atomic mass is 10.1. The Labute approximate surface area is 144 Å². The number of carbonyl (C=O) groups excluding carboxylic acids is 2. The first kappa shape index (κ1) is 18.4. The van der Waals surface area contributed by atoms with Gasteiger partial charge in [-0.05, 0) is 31.2 Å². The summed E-state index contributed by atoms with van der Waals surface area (Å²) in [5.41, 5.74) is 0.741. The highest BCUT2D eigenvalue weighted by atomic mass is 19.1. The van der Waals surface area contributed by atoms with Crippen molar-refractivity contribution in [2.24, 2.45) is 0 Å². The number of benzene rings is 2. The van der Waals surface area contributed by atoms with Crippen molar-refractivity contribution in [1.82, 2.24) is 0 Å². The molecular weight excluding hydrogens is 327 g/mol. The first-order chi connectivity index (χ1) is 12.0. The van der Waals surface area contributed by atoms with Crippen LogP contribution in [0.25, 0.3) is 0 Å². The number of ether oxygens (including phenoxy) is 1. The molecule has 0 spiro atoms. The third kappa shape index (κ3) is 5.02. The van der Waals surface area contributed by atoms with E-state index in [1.165, 1.54) is 25.1 Å². The molecule has 2 aromatic rings. The summed E-state index contributed by atoms with van der Waals surface area (Å²) in [6.07, 6.45) is -1.11. The SMILES string of the molecule is C[C@H](OC(=O)c1ccccc1NCCO)C(=O)Nc1ccccc1F. The topological polar surface area (TPSA) is 87.7 Å². The van der Waals surface area contributed by atoms with Crippen LogP contribution in [0.2, 0.25) is 0 Å². The van der Waals surface area contributed by atoms with Gasteiger partial charge in [0.05, 0.1) is 17.9 Å². The van der Waals surface area contributed by atoms with Crippen LogP contribution >= 0.6 is 0 Å². The lowest BCUT2D eigenvalue weighted by Crippen LogP contribution is -2.30. The molecule has 25 heavy (non-hydrogen) atoms. The van der Waals surface area contributed by atoms with Gasteiger partial charge in [-0.1, -0.05) is 24.3 Å². The minimum atomic E-state index is -1.11. The average Bonchev–Trinajstić information content (AvgIpc) is 2.62. The molecule has 0 saturated heterocycles. The Morgan fingerprint density at radius 2 is 1.76 bits per heavy atom. The Morgan fingerprint density at radius 3 is 2.44 bits per heavy atom. The predicted molar refractivity (Wildman–Crippen MR) is 91.9 cm³/mol. The maximum atomic E-state index is 13.6. The van der Waals surface area contributed by atoms with Gasteiger partial charge in [-0.25, -0.2) is 9.18 Å². The number of hydrogen-bond donors (Lipinski definition) is 3. The predicted octanol–water partition coefficient (Wildman–Crippen LogP) is 2.41. The molecule has 6 nitrogen and oxygen atoms in total. The number of para-hydroxylation sites is 2. The maximum Gasteiger partial charge on any atom is 0.341 e. The van der Waals surface area contributed by atoms with Crippen LogP contribution < -0.4 is 10.6 Å². The first-order valence-electron chi connectivity index (χ1n) is 7.73. The van der Waals surface area contributed by atoms with Crippen molar-refractivity contribution in [2.45, 2.75) is 13.0 Å². The molecule has 0 aliphatic heterocycles. The summed E-state index contributed by atoms with van der Waals surface area (Å²) in [5.74, 6) is -1.91. The second-order valence-corrected chi connectivity index (χ2v) is 5.21. The van der Waals surface area contributed by atoms with E-state index >= 15 is 0 Å². The molecule has 0 aliphatic carbocycles. The highest BCUT2D eigenvalue weighted by Gasteiger charge is 2.21. The van der Waals surface area contributed by atoms with E-state index < -0.39 is 23.8 Å². The van der Waals surface area contributed by atoms with Gasteiger partial charge in [0.1, 0.15) is 5.82 Å². The molecule has 3 N–H and O–H groups in total. The summed E-state index contributed by atoms with van der Waals surface area (Å²) >= 11 is 0. The monoisotopic (exact) mass is 346 g/mol. The number of rotatable bonds is 7. The molecule has 0 aliphatic rings. The molecule has 0 aromatic heterocycles. The van der Waals surface area contributed by atoms with E-state index in [4.69, 9.17) is 9.84 Å². The second kappa shape index (κ2) is 8.79. The Bertz CT molecular complexity index is 751. The molecule has 1 amide bonds. The van der Waals surface area contributed by atoms with E-state index in [1.807, 2.05) is 0 Å². The van der Waals surface area contributed by atoms with Gasteiger partial charge in [-0.15, -0.1) is 0 Å². The molecule has 0 fully saturated rings. The zero-order chi connectivity index (χ0) is 18.2. The maximum absolute atomic E-state index is 13.6. The van der Waals surface area contributed by atoms with Gasteiger partial charge in [0.15, 0.2) is 6.10 Å². The Hall–Kier alpha value is -2.93. The Kier molecular flexibility index (Phi) is 6.47. The molecule has 2 aromatic carbocycles. The summed E-state index contributed by atoms with van der Waals surface area (Å²) < 4.78 is 18.7. The van der Waals surface area contributed by atoms with Gasteiger partial charge in [0.25, 0.3) is 5.91 Å². The lowest BCUT2D eigenvalue weighted by molar-refractivity contribution is -0.123. The number of hydrogen-bond acceptors (Lipinski definition) is 5. The van der Waals surface area contributed by atoms with Crippen molar-refractivity contribution in [3.05, 3.63) is 59.9 Å². The van der Waals surface area contributed by atoms with Crippen LogP contribution in [-0.2, 0) is 9.53 Å². The molecule has 0 radical (unpaired) electrons. The van der Waals surface area contributed by atoms with E-state index in [9.17, 15) is 14.0 Å². The van der Waals surface area contributed by atoms with E-state index in [1.54, 1.807) is 30.3 Å². The number of aliphatic hydroxyl groups is 1. The van der Waals surface area contributed by atoms with E-state index in [2.05, 4.69) is 10.6 Å². The van der Waals surface area contributed by atoms with Crippen LogP contribution in [0, 0.1) is 5.82 Å². The highest BCUT2D eigenvalue weighted by Crippen LogP contribution is 2.18. The summed E-state index contributed by atoms with van der Waals surface area (Å²) in [6.45, 7) is 1.58. The number of halogens is 1. The fourth-order valence-corrected chi connectivity index (χ4v) is 2.08. The van der Waals surface area contributed by atoms with Crippen molar-refractivity contribution in [1.29, 1.82) is 0 Å². The van der Waals surface area contributed by atoms with E-state index in [-0.39, 0.29) is 24.4 Å². The largest absolute Gasteiger partial charge is 0.449 e. The zero-order valence-corrected chi connectivity index (χ0v) is 13.7. The van der Waals surface area contributed by atoms with Crippen molar-refractivity contribution < 1.29 is 23.8 Å². The first-order valence-corrected chi connectivity index (χ1v) is 7.73. The van der Waals surface area contributed by atoms with Gasteiger partial charge in [-0.3, -0.25) is 4.79 Å². The summed E-state index contributed by atoms with van der Waals surface area (Å²) in [6, 6.07) is 12.3. The van der Waals surface area contributed by atoms with Gasteiger partial charge in [0, 0.05) is 12.2 Å². The average molecular weight is 346 g/mol. The van der Waals surface area contributed by atoms with Gasteiger partial charge in [-0.2, -0.15) is 0 Å². The lowest BCUT2D eigenvalue weighted by Gasteiger charge is -2.15. The third-order valence-corrected chi connectivity index (χ3v) is 3.36. The molecule has 0 bridgehead atoms. The molecule has 1 atom stereocenters. The third-order valence-electron chi connectivity index (χ3n) is 3.36. The van der Waals surface area contributed by atoms with Gasteiger partial charge in [0.2, 0.25) is 0 Å². The molecule has 0 saturated carbocycles. The minimum absolute atomic E-state index is 0.0143. The van der Waals surface area contributed by atoms with Crippen molar-refractivity contribution in [2.75, 3.05) is 23.8 Å². The van der Waals surface area contributed by atoms with Crippen LogP contribution in [0.4, 0.5) is 15.8 Å². The van der Waals surface area contributed by atoms with Crippen molar-refractivity contribution in [3.63, 3.8) is 0 Å². The van der Waals surface area contributed by atoms with Gasteiger partial charge < -0.3 is 20.5 Å². The number of nitrogens with one attached hydrogen (secondary N) is 2. The van der Waals surface area contributed by atoms with Crippen LogP contribution in [-0.4, -0.2) is 36.2 Å². The second-order valence-electron chi connectivity index (χ2n) is 5.21. The van der Waals surface area contributed by atoms with Crippen molar-refractivity contribution >= 4 is 23.3 Å². The van der Waals surface area contributed by atoms with E-state index in [0.29, 0.717) is 5.69 Å². The molecular formula is C18H19FN2O4. The number of esters is 1. The standard InChI is InChI=1S/C18H19FN2O4/c1-12(17(23)21-16-9-5-3-7-14(16)19)25-18(24)13-6-2-4-8-15(13)20-10-11-22/h2-9,12,20,22H,10-11H2,1H3,(H,21,23)/t12-/m0/s1. The number of aliphatic hydroxyl groups excluding tert-OH is 1. The fourth-order valence-electron chi connectivity index (χ4n) is 2.08. The number of carbonyl (C=O) groups is 2. The Morgan fingerprint density at radius 1 is 1.12 bits per heavy atom.